The highest BCUT2D eigenvalue weighted by Gasteiger charge is 2.29. The maximum atomic E-state index is 11.8. The van der Waals surface area contributed by atoms with Crippen molar-refractivity contribution >= 4 is 16.7 Å². The average Bonchev–Trinajstić information content (AvgIpc) is 2.67. The molecule has 0 amide bonds. The monoisotopic (exact) mass is 358 g/mol. The Morgan fingerprint density at radius 1 is 1.19 bits per heavy atom. The van der Waals surface area contributed by atoms with Crippen LogP contribution in [0.25, 0.3) is 10.8 Å². The summed E-state index contributed by atoms with van der Waals surface area (Å²) >= 11 is 0. The van der Waals surface area contributed by atoms with E-state index in [0.29, 0.717) is 13.2 Å². The van der Waals surface area contributed by atoms with Gasteiger partial charge in [-0.2, -0.15) is 0 Å². The van der Waals surface area contributed by atoms with Gasteiger partial charge in [0.15, 0.2) is 0 Å². The van der Waals surface area contributed by atoms with Crippen molar-refractivity contribution in [3.8, 4) is 5.75 Å². The van der Waals surface area contributed by atoms with Crippen LogP contribution in [0.15, 0.2) is 42.5 Å². The highest BCUT2D eigenvalue weighted by Crippen LogP contribution is 2.20. The third-order valence-electron chi connectivity index (χ3n) is 5.00. The second-order valence-corrected chi connectivity index (χ2v) is 6.95. The van der Waals surface area contributed by atoms with Gasteiger partial charge < -0.3 is 19.5 Å². The van der Waals surface area contributed by atoms with E-state index in [-0.39, 0.29) is 18.5 Å². The minimum Gasteiger partial charge on any atom is -0.491 e. The van der Waals surface area contributed by atoms with Gasteiger partial charge in [-0.1, -0.05) is 30.3 Å². The number of nitrogens with one attached hydrogen (secondary N) is 1. The van der Waals surface area contributed by atoms with Crippen LogP contribution in [-0.4, -0.2) is 50.0 Å². The van der Waals surface area contributed by atoms with E-state index >= 15 is 0 Å². The molecule has 1 heterocycles. The van der Waals surface area contributed by atoms with E-state index in [4.69, 9.17) is 9.47 Å². The van der Waals surface area contributed by atoms with Crippen molar-refractivity contribution in [1.29, 1.82) is 0 Å². The van der Waals surface area contributed by atoms with Gasteiger partial charge in [-0.05, 0) is 29.8 Å². The van der Waals surface area contributed by atoms with Gasteiger partial charge in [-0.15, -0.1) is 0 Å². The fourth-order valence-corrected chi connectivity index (χ4v) is 3.57. The quantitative estimate of drug-likeness (QED) is 0.736. The Morgan fingerprint density at radius 2 is 1.92 bits per heavy atom. The first-order valence-corrected chi connectivity index (χ1v) is 9.45. The van der Waals surface area contributed by atoms with E-state index < -0.39 is 6.10 Å². The largest absolute Gasteiger partial charge is 0.491 e. The molecule has 0 saturated carbocycles. The van der Waals surface area contributed by atoms with Gasteiger partial charge in [0.05, 0.1) is 25.6 Å². The molecule has 0 radical (unpaired) electrons. The first-order chi connectivity index (χ1) is 12.7. The number of carbonyl (C=O) groups excluding carboxylic acids is 1. The number of fused-ring (bicyclic) bond motifs is 1. The molecule has 2 aromatic carbocycles. The van der Waals surface area contributed by atoms with Crippen LogP contribution in [0.1, 0.15) is 19.8 Å². The van der Waals surface area contributed by atoms with Crippen LogP contribution in [0.2, 0.25) is 0 Å². The average molecular weight is 358 g/mol. The molecule has 1 aliphatic rings. The van der Waals surface area contributed by atoms with Crippen molar-refractivity contribution in [3.05, 3.63) is 42.5 Å². The number of rotatable bonds is 7. The summed E-state index contributed by atoms with van der Waals surface area (Å²) in [5.74, 6) is 0.718. The second-order valence-electron chi connectivity index (χ2n) is 6.95. The Hall–Kier alpha value is -2.11. The molecule has 0 aromatic heterocycles. The minimum atomic E-state index is -0.518. The normalized spacial score (nSPS) is 21.3. The fraction of sp³-hybridized carbons (Fsp3) is 0.476. The highest BCUT2D eigenvalue weighted by atomic mass is 16.5. The lowest BCUT2D eigenvalue weighted by Gasteiger charge is -2.29. The predicted molar refractivity (Wildman–Crippen MR) is 100 cm³/mol. The number of aliphatic hydroxyl groups is 1. The van der Waals surface area contributed by atoms with Gasteiger partial charge in [0.25, 0.3) is 0 Å². The molecule has 140 valence electrons. The molecule has 3 rings (SSSR count). The van der Waals surface area contributed by atoms with E-state index in [1.165, 1.54) is 10.3 Å². The molecule has 5 heteroatoms. The standard InChI is InChI=1S/C21H27NO4/c1-2-25-21(24)17-9-11-22(12-10-17)14-19(23)15-26-20-8-7-16-5-3-4-6-18(16)13-20/h3-8,13,17,19,23H,2,9-12,14-15H2,1H3/p+1/t19-/m0/s1. The zero-order valence-corrected chi connectivity index (χ0v) is 15.3. The lowest BCUT2D eigenvalue weighted by Crippen LogP contribution is -3.14. The maximum Gasteiger partial charge on any atom is 0.309 e. The third-order valence-corrected chi connectivity index (χ3v) is 5.00. The smallest absolute Gasteiger partial charge is 0.309 e. The van der Waals surface area contributed by atoms with E-state index in [1.807, 2.05) is 37.3 Å². The Kier molecular flexibility index (Phi) is 6.47. The van der Waals surface area contributed by atoms with Gasteiger partial charge in [0, 0.05) is 12.8 Å². The lowest BCUT2D eigenvalue weighted by molar-refractivity contribution is -0.908. The molecular weight excluding hydrogens is 330 g/mol. The molecule has 0 spiro atoms. The summed E-state index contributed by atoms with van der Waals surface area (Å²) in [5.41, 5.74) is 0. The summed E-state index contributed by atoms with van der Waals surface area (Å²) in [7, 11) is 0. The van der Waals surface area contributed by atoms with Crippen LogP contribution in [0.3, 0.4) is 0 Å². The Balaban J connectivity index is 1.43. The minimum absolute atomic E-state index is 0.0182. The summed E-state index contributed by atoms with van der Waals surface area (Å²) < 4.78 is 10.9. The summed E-state index contributed by atoms with van der Waals surface area (Å²) in [6.07, 6.45) is 1.13. The number of hydrogen-bond donors (Lipinski definition) is 2. The molecule has 0 aliphatic carbocycles. The summed E-state index contributed by atoms with van der Waals surface area (Å²) in [6, 6.07) is 14.1. The van der Waals surface area contributed by atoms with Crippen LogP contribution in [-0.2, 0) is 9.53 Å². The lowest BCUT2D eigenvalue weighted by atomic mass is 9.97. The van der Waals surface area contributed by atoms with Crippen molar-refractivity contribution < 1.29 is 24.3 Å². The molecule has 1 atom stereocenters. The maximum absolute atomic E-state index is 11.8. The fourth-order valence-electron chi connectivity index (χ4n) is 3.57. The summed E-state index contributed by atoms with van der Waals surface area (Å²) in [5, 5.41) is 12.6. The van der Waals surface area contributed by atoms with Crippen LogP contribution >= 0.6 is 0 Å². The number of likely N-dealkylation sites (tertiary alicyclic amines) is 1. The van der Waals surface area contributed by atoms with E-state index in [9.17, 15) is 9.90 Å². The van der Waals surface area contributed by atoms with Crippen LogP contribution in [0.4, 0.5) is 0 Å². The zero-order valence-electron chi connectivity index (χ0n) is 15.3. The number of piperidine rings is 1. The van der Waals surface area contributed by atoms with Gasteiger partial charge in [0.2, 0.25) is 0 Å². The first-order valence-electron chi connectivity index (χ1n) is 9.45. The molecule has 5 nitrogen and oxygen atoms in total. The first kappa shape index (κ1) is 18.7. The van der Waals surface area contributed by atoms with Crippen molar-refractivity contribution in [2.75, 3.05) is 32.8 Å². The van der Waals surface area contributed by atoms with Crippen LogP contribution < -0.4 is 9.64 Å². The number of benzene rings is 2. The SMILES string of the molecule is CCOC(=O)C1CC[NH+](C[C@H](O)COc2ccc3ccccc3c2)CC1. The summed E-state index contributed by atoms with van der Waals surface area (Å²) in [4.78, 5) is 13.1. The number of aliphatic hydroxyl groups excluding tert-OH is 1. The van der Waals surface area contributed by atoms with E-state index in [2.05, 4.69) is 12.1 Å². The Morgan fingerprint density at radius 3 is 2.65 bits per heavy atom. The third kappa shape index (κ3) is 4.96. The topological polar surface area (TPSA) is 60.2 Å². The number of carbonyl (C=O) groups is 1. The molecule has 2 aromatic rings. The number of hydrogen-bond acceptors (Lipinski definition) is 4. The van der Waals surface area contributed by atoms with Crippen molar-refractivity contribution in [2.45, 2.75) is 25.9 Å². The van der Waals surface area contributed by atoms with Crippen molar-refractivity contribution in [2.24, 2.45) is 5.92 Å². The van der Waals surface area contributed by atoms with Gasteiger partial charge >= 0.3 is 5.97 Å². The van der Waals surface area contributed by atoms with E-state index in [0.717, 1.165) is 37.1 Å². The zero-order chi connectivity index (χ0) is 18.4. The Labute approximate surface area is 154 Å². The van der Waals surface area contributed by atoms with Gasteiger partial charge in [-0.3, -0.25) is 4.79 Å². The molecule has 1 fully saturated rings. The molecular formula is C21H28NO4+. The number of quaternary nitrogens is 1. The Bertz CT molecular complexity index is 725. The van der Waals surface area contributed by atoms with Gasteiger partial charge in [-0.25, -0.2) is 0 Å². The van der Waals surface area contributed by atoms with Crippen LogP contribution in [0.5, 0.6) is 5.75 Å². The molecule has 0 bridgehead atoms. The molecule has 26 heavy (non-hydrogen) atoms. The second kappa shape index (κ2) is 9.01. The molecule has 0 unspecified atom stereocenters. The van der Waals surface area contributed by atoms with Crippen molar-refractivity contribution in [1.82, 2.24) is 0 Å². The number of esters is 1. The number of ether oxygens (including phenoxy) is 2. The molecule has 1 saturated heterocycles. The molecule has 2 N–H and O–H groups in total. The highest BCUT2D eigenvalue weighted by molar-refractivity contribution is 5.83. The molecule has 1 aliphatic heterocycles. The van der Waals surface area contributed by atoms with Crippen molar-refractivity contribution in [3.63, 3.8) is 0 Å². The van der Waals surface area contributed by atoms with E-state index in [1.54, 1.807) is 0 Å². The summed E-state index contributed by atoms with van der Waals surface area (Å²) in [6.45, 7) is 4.97. The van der Waals surface area contributed by atoms with Gasteiger partial charge in [0.1, 0.15) is 25.0 Å². The predicted octanol–water partition coefficient (Wildman–Crippen LogP) is 1.44. The van der Waals surface area contributed by atoms with Crippen LogP contribution in [0, 0.1) is 5.92 Å².